The molecule has 3 nitrogen and oxygen atoms in total. The Hall–Kier alpha value is -0.120. The highest BCUT2D eigenvalue weighted by Crippen LogP contribution is 2.30. The molecule has 0 heterocycles. The first-order chi connectivity index (χ1) is 5.94. The van der Waals surface area contributed by atoms with Crippen LogP contribution >= 0.6 is 0 Å². The minimum absolute atomic E-state index is 0.0648. The number of aliphatic hydroxyl groups is 1. The van der Waals surface area contributed by atoms with Crippen LogP contribution in [-0.2, 0) is 9.47 Å². The summed E-state index contributed by atoms with van der Waals surface area (Å²) in [4.78, 5) is 0. The van der Waals surface area contributed by atoms with E-state index in [1.54, 1.807) is 0 Å². The number of hydrogen-bond donors (Lipinski definition) is 1. The van der Waals surface area contributed by atoms with Gasteiger partial charge < -0.3 is 14.6 Å². The van der Waals surface area contributed by atoms with Gasteiger partial charge in [-0.05, 0) is 27.7 Å². The Morgan fingerprint density at radius 2 is 2.00 bits per heavy atom. The van der Waals surface area contributed by atoms with Crippen LogP contribution in [0.1, 0.15) is 34.1 Å². The predicted octanol–water partition coefficient (Wildman–Crippen LogP) is 1.34. The molecule has 0 aromatic heterocycles. The highest BCUT2D eigenvalue weighted by Gasteiger charge is 2.43. The molecule has 1 N–H and O–H groups in total. The van der Waals surface area contributed by atoms with Gasteiger partial charge in [0.1, 0.15) is 6.10 Å². The smallest absolute Gasteiger partial charge is 0.110 e. The van der Waals surface area contributed by atoms with Crippen molar-refractivity contribution in [2.45, 2.75) is 58.0 Å². The average molecular weight is 188 g/mol. The molecule has 1 fully saturated rings. The fraction of sp³-hybridized carbons (Fsp3) is 1.00. The maximum Gasteiger partial charge on any atom is 0.110 e. The van der Waals surface area contributed by atoms with Crippen molar-refractivity contribution in [3.8, 4) is 0 Å². The van der Waals surface area contributed by atoms with Gasteiger partial charge in [-0.2, -0.15) is 0 Å². The molecule has 0 radical (unpaired) electrons. The molecule has 1 aliphatic rings. The van der Waals surface area contributed by atoms with Crippen molar-refractivity contribution in [1.82, 2.24) is 0 Å². The van der Waals surface area contributed by atoms with Crippen molar-refractivity contribution < 1.29 is 14.6 Å². The molecule has 0 aromatic carbocycles. The monoisotopic (exact) mass is 188 g/mol. The lowest BCUT2D eigenvalue weighted by molar-refractivity contribution is -0.220. The summed E-state index contributed by atoms with van der Waals surface area (Å²) in [6, 6.07) is 0. The fourth-order valence-corrected chi connectivity index (χ4v) is 1.54. The maximum absolute atomic E-state index is 9.40. The number of ether oxygens (including phenoxy) is 2. The molecule has 13 heavy (non-hydrogen) atoms. The molecule has 0 aromatic rings. The van der Waals surface area contributed by atoms with E-state index in [2.05, 4.69) is 0 Å². The van der Waals surface area contributed by atoms with Gasteiger partial charge in [-0.3, -0.25) is 0 Å². The lowest BCUT2D eigenvalue weighted by Gasteiger charge is -2.43. The molecule has 0 aliphatic heterocycles. The van der Waals surface area contributed by atoms with Gasteiger partial charge in [0, 0.05) is 13.0 Å². The number of aliphatic hydroxyl groups excluding tert-OH is 1. The van der Waals surface area contributed by atoms with Crippen molar-refractivity contribution in [3.05, 3.63) is 0 Å². The zero-order valence-corrected chi connectivity index (χ0v) is 8.91. The third-order valence-corrected chi connectivity index (χ3v) is 2.08. The lowest BCUT2D eigenvalue weighted by atomic mass is 9.87. The Balaban J connectivity index is 2.36. The first-order valence-electron chi connectivity index (χ1n) is 4.91. The molecular weight excluding hydrogens is 168 g/mol. The topological polar surface area (TPSA) is 38.7 Å². The van der Waals surface area contributed by atoms with E-state index >= 15 is 0 Å². The van der Waals surface area contributed by atoms with Crippen molar-refractivity contribution in [3.63, 3.8) is 0 Å². The fourth-order valence-electron chi connectivity index (χ4n) is 1.54. The summed E-state index contributed by atoms with van der Waals surface area (Å²) in [5.74, 6) is 0. The second-order valence-corrected chi connectivity index (χ2v) is 4.49. The highest BCUT2D eigenvalue weighted by atomic mass is 16.6. The molecule has 3 atom stereocenters. The Labute approximate surface area is 80.0 Å². The van der Waals surface area contributed by atoms with Gasteiger partial charge in [0.15, 0.2) is 0 Å². The van der Waals surface area contributed by atoms with E-state index < -0.39 is 0 Å². The van der Waals surface area contributed by atoms with Crippen molar-refractivity contribution in [2.75, 3.05) is 6.61 Å². The Bertz CT molecular complexity index is 162. The standard InChI is InChI=1S/C10H20O3/c1-5-12-9-7(11)6-8(9)13-10(2,3)4/h7-9,11H,5-6H2,1-4H3. The SMILES string of the molecule is CCOC1C(O)CC1OC(C)(C)C. The molecule has 0 bridgehead atoms. The molecular formula is C10H20O3. The van der Waals surface area contributed by atoms with E-state index in [0.29, 0.717) is 13.0 Å². The van der Waals surface area contributed by atoms with Gasteiger partial charge in [0.05, 0.1) is 17.8 Å². The molecule has 0 amide bonds. The summed E-state index contributed by atoms with van der Waals surface area (Å²) in [6.07, 6.45) is 0.300. The first kappa shape index (κ1) is 11.0. The summed E-state index contributed by atoms with van der Waals surface area (Å²) < 4.78 is 11.1. The van der Waals surface area contributed by atoms with Gasteiger partial charge >= 0.3 is 0 Å². The number of rotatable bonds is 3. The third-order valence-electron chi connectivity index (χ3n) is 2.08. The largest absolute Gasteiger partial charge is 0.390 e. The van der Waals surface area contributed by atoms with E-state index in [1.807, 2.05) is 27.7 Å². The van der Waals surface area contributed by atoms with E-state index in [4.69, 9.17) is 9.47 Å². The molecule has 1 rings (SSSR count). The first-order valence-corrected chi connectivity index (χ1v) is 4.91. The van der Waals surface area contributed by atoms with Crippen LogP contribution in [0.5, 0.6) is 0 Å². The molecule has 78 valence electrons. The average Bonchev–Trinajstić information content (AvgIpc) is 1.97. The summed E-state index contributed by atoms with van der Waals surface area (Å²) in [5.41, 5.74) is -0.153. The molecule has 3 heteroatoms. The second-order valence-electron chi connectivity index (χ2n) is 4.49. The van der Waals surface area contributed by atoms with Crippen LogP contribution in [0.2, 0.25) is 0 Å². The molecule has 1 aliphatic carbocycles. The Morgan fingerprint density at radius 3 is 2.38 bits per heavy atom. The van der Waals surface area contributed by atoms with Crippen LogP contribution in [0, 0.1) is 0 Å². The zero-order chi connectivity index (χ0) is 10.1. The van der Waals surface area contributed by atoms with Crippen LogP contribution in [0.4, 0.5) is 0 Å². The maximum atomic E-state index is 9.40. The van der Waals surface area contributed by atoms with E-state index in [-0.39, 0.29) is 23.9 Å². The van der Waals surface area contributed by atoms with E-state index in [1.165, 1.54) is 0 Å². The summed E-state index contributed by atoms with van der Waals surface area (Å²) in [7, 11) is 0. The summed E-state index contributed by atoms with van der Waals surface area (Å²) >= 11 is 0. The van der Waals surface area contributed by atoms with Gasteiger partial charge in [0.25, 0.3) is 0 Å². The van der Waals surface area contributed by atoms with Crippen LogP contribution < -0.4 is 0 Å². The summed E-state index contributed by atoms with van der Waals surface area (Å²) in [5, 5.41) is 9.40. The molecule has 1 saturated carbocycles. The van der Waals surface area contributed by atoms with Gasteiger partial charge in [-0.15, -0.1) is 0 Å². The van der Waals surface area contributed by atoms with Crippen LogP contribution in [0.25, 0.3) is 0 Å². The third kappa shape index (κ3) is 2.93. The minimum atomic E-state index is -0.340. The van der Waals surface area contributed by atoms with Gasteiger partial charge in [0.2, 0.25) is 0 Å². The molecule has 0 saturated heterocycles. The normalized spacial score (nSPS) is 34.4. The van der Waals surface area contributed by atoms with Crippen molar-refractivity contribution >= 4 is 0 Å². The van der Waals surface area contributed by atoms with Crippen LogP contribution in [0.15, 0.2) is 0 Å². The second kappa shape index (κ2) is 3.95. The van der Waals surface area contributed by atoms with Gasteiger partial charge in [-0.1, -0.05) is 0 Å². The Morgan fingerprint density at radius 1 is 1.38 bits per heavy atom. The van der Waals surface area contributed by atoms with E-state index in [0.717, 1.165) is 0 Å². The molecule has 3 unspecified atom stereocenters. The lowest BCUT2D eigenvalue weighted by Crippen LogP contribution is -2.55. The minimum Gasteiger partial charge on any atom is -0.390 e. The molecule has 0 spiro atoms. The Kier molecular flexibility index (Phi) is 3.33. The van der Waals surface area contributed by atoms with Crippen LogP contribution in [-0.4, -0.2) is 35.6 Å². The van der Waals surface area contributed by atoms with E-state index in [9.17, 15) is 5.11 Å². The highest BCUT2D eigenvalue weighted by molar-refractivity contribution is 4.93. The van der Waals surface area contributed by atoms with Crippen molar-refractivity contribution in [2.24, 2.45) is 0 Å². The van der Waals surface area contributed by atoms with Crippen molar-refractivity contribution in [1.29, 1.82) is 0 Å². The van der Waals surface area contributed by atoms with Crippen LogP contribution in [0.3, 0.4) is 0 Å². The predicted molar refractivity (Wildman–Crippen MR) is 50.7 cm³/mol. The number of hydrogen-bond acceptors (Lipinski definition) is 3. The van der Waals surface area contributed by atoms with Gasteiger partial charge in [-0.25, -0.2) is 0 Å². The summed E-state index contributed by atoms with van der Waals surface area (Å²) in [6.45, 7) is 8.60. The quantitative estimate of drug-likeness (QED) is 0.726. The zero-order valence-electron chi connectivity index (χ0n) is 8.91.